The molecule has 5 heterocycles. The van der Waals surface area contributed by atoms with Crippen LogP contribution < -0.4 is 0 Å². The summed E-state index contributed by atoms with van der Waals surface area (Å²) in [5, 5.41) is 4.40. The number of benzene rings is 2. The number of hydrogen-bond acceptors (Lipinski definition) is 5. The fraction of sp³-hybridized carbons (Fsp3) is 0.226. The topological polar surface area (TPSA) is 58.7 Å². The molecule has 37 heavy (non-hydrogen) atoms. The molecule has 0 radical (unpaired) electrons. The molecule has 0 amide bonds. The first-order valence-electron chi connectivity index (χ1n) is 13.0. The van der Waals surface area contributed by atoms with E-state index in [1.54, 1.807) is 6.20 Å². The normalized spacial score (nSPS) is 16.2. The summed E-state index contributed by atoms with van der Waals surface area (Å²) in [5.41, 5.74) is 10.3. The Morgan fingerprint density at radius 3 is 2.49 bits per heavy atom. The number of pyridine rings is 1. The van der Waals surface area contributed by atoms with Crippen LogP contribution in [0.15, 0.2) is 96.5 Å². The smallest absolute Gasteiger partial charge is 0.155 e. The number of piperidine rings is 1. The van der Waals surface area contributed by atoms with E-state index in [4.69, 9.17) is 9.98 Å². The van der Waals surface area contributed by atoms with Crippen molar-refractivity contribution in [2.45, 2.75) is 25.8 Å². The third kappa shape index (κ3) is 4.34. The number of aromatic nitrogens is 4. The van der Waals surface area contributed by atoms with Crippen molar-refractivity contribution in [3.05, 3.63) is 103 Å². The highest BCUT2D eigenvalue weighted by atomic mass is 15.2. The lowest BCUT2D eigenvalue weighted by atomic mass is 9.89. The van der Waals surface area contributed by atoms with Gasteiger partial charge in [0.15, 0.2) is 5.65 Å². The maximum Gasteiger partial charge on any atom is 0.155 e. The van der Waals surface area contributed by atoms with Crippen molar-refractivity contribution in [3.8, 4) is 22.4 Å². The number of fused-ring (bicyclic) bond motifs is 2. The minimum atomic E-state index is 0.590. The number of likely N-dealkylation sites (tertiary alicyclic amines) is 1. The zero-order chi connectivity index (χ0) is 24.6. The van der Waals surface area contributed by atoms with E-state index < -0.39 is 0 Å². The number of aliphatic imine (C=N–C) groups is 1. The lowest BCUT2D eigenvalue weighted by Gasteiger charge is -2.32. The molecule has 0 unspecified atom stereocenters. The second-order valence-corrected chi connectivity index (χ2v) is 10.0. The van der Waals surface area contributed by atoms with Gasteiger partial charge in [0, 0.05) is 65.9 Å². The number of rotatable bonds is 5. The minimum absolute atomic E-state index is 0.590. The molecule has 0 aliphatic carbocycles. The molecule has 6 heteroatoms. The Hall–Kier alpha value is -4.16. The highest BCUT2D eigenvalue weighted by Gasteiger charge is 2.27. The van der Waals surface area contributed by atoms with Gasteiger partial charge in [0.2, 0.25) is 0 Å². The second kappa shape index (κ2) is 9.37. The first-order valence-corrected chi connectivity index (χ1v) is 13.0. The van der Waals surface area contributed by atoms with Gasteiger partial charge in [0.05, 0.1) is 17.6 Å². The van der Waals surface area contributed by atoms with Crippen LogP contribution in [0, 0.1) is 5.92 Å². The van der Waals surface area contributed by atoms with Gasteiger partial charge in [-0.15, -0.1) is 0 Å². The maximum absolute atomic E-state index is 4.96. The molecule has 1 fully saturated rings. The maximum atomic E-state index is 4.96. The fourth-order valence-electron chi connectivity index (χ4n) is 5.64. The summed E-state index contributed by atoms with van der Waals surface area (Å²) < 4.78 is 1.84. The van der Waals surface area contributed by atoms with Crippen molar-refractivity contribution in [2.24, 2.45) is 10.9 Å². The average Bonchev–Trinajstić information content (AvgIpc) is 3.60. The summed E-state index contributed by atoms with van der Waals surface area (Å²) >= 11 is 0. The summed E-state index contributed by atoms with van der Waals surface area (Å²) in [7, 11) is 0. The highest BCUT2D eigenvalue weighted by molar-refractivity contribution is 5.95. The van der Waals surface area contributed by atoms with Crippen molar-refractivity contribution in [3.63, 3.8) is 0 Å². The molecular weight excluding hydrogens is 456 g/mol. The minimum Gasteiger partial charge on any atom is -0.299 e. The van der Waals surface area contributed by atoms with E-state index in [1.807, 2.05) is 35.1 Å². The van der Waals surface area contributed by atoms with E-state index in [1.165, 1.54) is 29.7 Å². The van der Waals surface area contributed by atoms with Crippen LogP contribution in [0.1, 0.15) is 24.0 Å². The zero-order valence-electron chi connectivity index (χ0n) is 20.7. The molecule has 2 aromatic carbocycles. The molecule has 2 aliphatic heterocycles. The molecule has 1 saturated heterocycles. The van der Waals surface area contributed by atoms with Gasteiger partial charge in [-0.25, -0.2) is 9.50 Å². The number of hydrogen-bond donors (Lipinski definition) is 0. The third-order valence-electron chi connectivity index (χ3n) is 7.67. The van der Waals surface area contributed by atoms with Gasteiger partial charge in [-0.2, -0.15) is 5.10 Å². The molecule has 6 nitrogen and oxygen atoms in total. The van der Waals surface area contributed by atoms with Crippen LogP contribution in [0.4, 0.5) is 5.69 Å². The van der Waals surface area contributed by atoms with Gasteiger partial charge in [0.1, 0.15) is 0 Å². The molecule has 7 rings (SSSR count). The van der Waals surface area contributed by atoms with Crippen molar-refractivity contribution >= 4 is 17.0 Å². The Morgan fingerprint density at radius 2 is 1.68 bits per heavy atom. The second-order valence-electron chi connectivity index (χ2n) is 10.0. The third-order valence-corrected chi connectivity index (χ3v) is 7.67. The molecule has 0 bridgehead atoms. The van der Waals surface area contributed by atoms with Crippen LogP contribution in [0.2, 0.25) is 0 Å². The number of nitrogens with zero attached hydrogens (tertiary/aromatic N) is 6. The molecular formula is C31H28N6. The molecule has 0 atom stereocenters. The highest BCUT2D eigenvalue weighted by Crippen LogP contribution is 2.33. The first kappa shape index (κ1) is 22.1. The SMILES string of the molecule is c1ccc(-c2cn3nccc3nc2-c2ccc(CN3CCC(C4=Nc5ccncc5C4)CC3)cc2)cc1. The molecule has 5 aromatic rings. The zero-order valence-corrected chi connectivity index (χ0v) is 20.7. The van der Waals surface area contributed by atoms with Crippen LogP contribution in [0.3, 0.4) is 0 Å². The van der Waals surface area contributed by atoms with Crippen molar-refractivity contribution in [1.29, 1.82) is 0 Å². The molecule has 2 aliphatic rings. The van der Waals surface area contributed by atoms with Crippen LogP contribution in [-0.2, 0) is 13.0 Å². The molecule has 0 saturated carbocycles. The fourth-order valence-corrected chi connectivity index (χ4v) is 5.64. The summed E-state index contributed by atoms with van der Waals surface area (Å²) in [6, 6.07) is 23.3. The van der Waals surface area contributed by atoms with Crippen LogP contribution in [0.25, 0.3) is 28.0 Å². The van der Waals surface area contributed by atoms with E-state index in [0.717, 1.165) is 59.8 Å². The van der Waals surface area contributed by atoms with Gasteiger partial charge >= 0.3 is 0 Å². The Morgan fingerprint density at radius 1 is 0.838 bits per heavy atom. The van der Waals surface area contributed by atoms with Crippen LogP contribution in [-0.4, -0.2) is 43.3 Å². The van der Waals surface area contributed by atoms with Gasteiger partial charge in [-0.1, -0.05) is 54.6 Å². The summed E-state index contributed by atoms with van der Waals surface area (Å²) in [6.07, 6.45) is 11.0. The molecule has 182 valence electrons. The molecule has 0 N–H and O–H groups in total. The van der Waals surface area contributed by atoms with Crippen molar-refractivity contribution in [1.82, 2.24) is 24.5 Å². The Bertz CT molecular complexity index is 1580. The lowest BCUT2D eigenvalue weighted by Crippen LogP contribution is -2.36. The molecule has 3 aromatic heterocycles. The predicted molar refractivity (Wildman–Crippen MR) is 147 cm³/mol. The van der Waals surface area contributed by atoms with Gasteiger partial charge in [-0.05, 0) is 43.1 Å². The first-order chi connectivity index (χ1) is 18.3. The van der Waals surface area contributed by atoms with E-state index in [-0.39, 0.29) is 0 Å². The largest absolute Gasteiger partial charge is 0.299 e. The standard InChI is InChI=1S/C31H28N6/c1-2-4-23(5-3-1)27-21-37-30(11-15-33-37)35-31(27)25-8-6-22(7-9-25)20-36-16-12-24(13-17-36)29-18-26-19-32-14-10-28(26)34-29/h1-11,14-15,19,21,24H,12-13,16-18,20H2. The molecule has 0 spiro atoms. The summed E-state index contributed by atoms with van der Waals surface area (Å²) in [5.74, 6) is 0.590. The quantitative estimate of drug-likeness (QED) is 0.307. The van der Waals surface area contributed by atoms with Crippen molar-refractivity contribution in [2.75, 3.05) is 13.1 Å². The Balaban J connectivity index is 1.05. The van der Waals surface area contributed by atoms with Crippen LogP contribution >= 0.6 is 0 Å². The van der Waals surface area contributed by atoms with E-state index >= 15 is 0 Å². The predicted octanol–water partition coefficient (Wildman–Crippen LogP) is 6.00. The summed E-state index contributed by atoms with van der Waals surface area (Å²) in [4.78, 5) is 16.7. The van der Waals surface area contributed by atoms with Gasteiger partial charge in [0.25, 0.3) is 0 Å². The van der Waals surface area contributed by atoms with E-state index in [2.05, 4.69) is 69.7 Å². The monoisotopic (exact) mass is 484 g/mol. The van der Waals surface area contributed by atoms with E-state index in [9.17, 15) is 0 Å². The van der Waals surface area contributed by atoms with Gasteiger partial charge < -0.3 is 0 Å². The summed E-state index contributed by atoms with van der Waals surface area (Å²) in [6.45, 7) is 3.19. The average molecular weight is 485 g/mol. The van der Waals surface area contributed by atoms with Crippen molar-refractivity contribution < 1.29 is 0 Å². The van der Waals surface area contributed by atoms with Crippen LogP contribution in [0.5, 0.6) is 0 Å². The Kier molecular flexibility index (Phi) is 5.59. The van der Waals surface area contributed by atoms with E-state index in [0.29, 0.717) is 5.92 Å². The van der Waals surface area contributed by atoms with Gasteiger partial charge in [-0.3, -0.25) is 14.9 Å². The lowest BCUT2D eigenvalue weighted by molar-refractivity contribution is 0.201. The Labute approximate surface area is 216 Å².